The summed E-state index contributed by atoms with van der Waals surface area (Å²) in [5.74, 6) is -0.152. The molecule has 2 aromatic heterocycles. The molecule has 17 heavy (non-hydrogen) atoms. The van der Waals surface area contributed by atoms with Gasteiger partial charge in [-0.1, -0.05) is 0 Å². The molecule has 0 unspecified atom stereocenters. The Bertz CT molecular complexity index is 536. The molecule has 0 aliphatic rings. The molecule has 0 fully saturated rings. The number of aromatic carboxylic acids is 1. The van der Waals surface area contributed by atoms with Crippen molar-refractivity contribution >= 4 is 11.9 Å². The number of hydrogen-bond acceptors (Lipinski definition) is 5. The molecule has 2 rings (SSSR count). The van der Waals surface area contributed by atoms with Crippen LogP contribution in [0.25, 0.3) is 0 Å². The minimum absolute atomic E-state index is 0.0769. The maximum absolute atomic E-state index is 10.6. The third kappa shape index (κ3) is 2.81. The van der Waals surface area contributed by atoms with Crippen molar-refractivity contribution in [2.45, 2.75) is 13.5 Å². The molecule has 0 radical (unpaired) electrons. The van der Waals surface area contributed by atoms with Crippen LogP contribution in [-0.4, -0.2) is 21.0 Å². The van der Waals surface area contributed by atoms with Gasteiger partial charge >= 0.3 is 5.97 Å². The molecule has 0 atom stereocenters. The van der Waals surface area contributed by atoms with Crippen LogP contribution < -0.4 is 5.32 Å². The van der Waals surface area contributed by atoms with E-state index in [1.165, 1.54) is 6.07 Å². The topological polar surface area (TPSA) is 88.2 Å². The lowest BCUT2D eigenvalue weighted by molar-refractivity contribution is 0.0660. The number of nitrogens with one attached hydrogen (secondary N) is 1. The van der Waals surface area contributed by atoms with Crippen LogP contribution in [-0.2, 0) is 6.54 Å². The molecule has 0 aliphatic heterocycles. The number of anilines is 1. The van der Waals surface area contributed by atoms with Gasteiger partial charge in [0, 0.05) is 11.9 Å². The second-order valence-corrected chi connectivity index (χ2v) is 3.45. The third-order valence-electron chi connectivity index (χ3n) is 2.09. The maximum atomic E-state index is 10.6. The SMILES string of the molecule is Cc1ccnc(NCc2ccc(C(=O)O)o2)n1. The summed E-state index contributed by atoms with van der Waals surface area (Å²) in [5.41, 5.74) is 0.855. The van der Waals surface area contributed by atoms with Crippen molar-refractivity contribution in [1.82, 2.24) is 9.97 Å². The van der Waals surface area contributed by atoms with E-state index < -0.39 is 5.97 Å². The number of carboxylic acid groups (broad SMARTS) is 1. The summed E-state index contributed by atoms with van der Waals surface area (Å²) in [5, 5.41) is 11.6. The molecular formula is C11H11N3O3. The molecule has 0 saturated heterocycles. The summed E-state index contributed by atoms with van der Waals surface area (Å²) >= 11 is 0. The fraction of sp³-hybridized carbons (Fsp3) is 0.182. The van der Waals surface area contributed by atoms with Gasteiger partial charge in [-0.25, -0.2) is 14.8 Å². The van der Waals surface area contributed by atoms with Crippen LogP contribution >= 0.6 is 0 Å². The predicted molar refractivity (Wildman–Crippen MR) is 59.8 cm³/mol. The first-order chi connectivity index (χ1) is 8.15. The van der Waals surface area contributed by atoms with Gasteiger partial charge in [-0.15, -0.1) is 0 Å². The second kappa shape index (κ2) is 4.65. The Balaban J connectivity index is 2.00. The summed E-state index contributed by atoms with van der Waals surface area (Å²) in [6.45, 7) is 2.21. The molecule has 0 saturated carbocycles. The van der Waals surface area contributed by atoms with Gasteiger partial charge in [0.2, 0.25) is 11.7 Å². The molecule has 0 bridgehead atoms. The highest BCUT2D eigenvalue weighted by atomic mass is 16.4. The van der Waals surface area contributed by atoms with Crippen molar-refractivity contribution < 1.29 is 14.3 Å². The standard InChI is InChI=1S/C11H11N3O3/c1-7-4-5-12-11(14-7)13-6-8-2-3-9(17-8)10(15)16/h2-5H,6H2,1H3,(H,15,16)(H,12,13,14). The number of rotatable bonds is 4. The van der Waals surface area contributed by atoms with Crippen LogP contribution in [0, 0.1) is 6.92 Å². The van der Waals surface area contributed by atoms with E-state index in [9.17, 15) is 4.79 Å². The van der Waals surface area contributed by atoms with E-state index in [2.05, 4.69) is 15.3 Å². The Labute approximate surface area is 97.3 Å². The number of hydrogen-bond donors (Lipinski definition) is 2. The van der Waals surface area contributed by atoms with Crippen molar-refractivity contribution in [2.75, 3.05) is 5.32 Å². The summed E-state index contributed by atoms with van der Waals surface area (Å²) in [6.07, 6.45) is 1.65. The Morgan fingerprint density at radius 1 is 1.47 bits per heavy atom. The van der Waals surface area contributed by atoms with Gasteiger partial charge < -0.3 is 14.8 Å². The maximum Gasteiger partial charge on any atom is 0.371 e. The van der Waals surface area contributed by atoms with Gasteiger partial charge in [0.05, 0.1) is 6.54 Å². The second-order valence-electron chi connectivity index (χ2n) is 3.45. The molecule has 0 aromatic carbocycles. The monoisotopic (exact) mass is 233 g/mol. The molecule has 6 heteroatoms. The Kier molecular flexibility index (Phi) is 3.04. The first kappa shape index (κ1) is 11.1. The van der Waals surface area contributed by atoms with Crippen molar-refractivity contribution in [3.05, 3.63) is 41.6 Å². The van der Waals surface area contributed by atoms with Gasteiger partial charge in [-0.3, -0.25) is 0 Å². The van der Waals surface area contributed by atoms with Crippen molar-refractivity contribution in [2.24, 2.45) is 0 Å². The normalized spacial score (nSPS) is 10.2. The summed E-state index contributed by atoms with van der Waals surface area (Å²) in [6, 6.07) is 4.81. The molecule has 0 aliphatic carbocycles. The van der Waals surface area contributed by atoms with Gasteiger partial charge in [-0.05, 0) is 25.1 Å². The van der Waals surface area contributed by atoms with E-state index in [0.29, 0.717) is 18.3 Å². The van der Waals surface area contributed by atoms with Crippen LogP contribution in [0.3, 0.4) is 0 Å². The van der Waals surface area contributed by atoms with Crippen molar-refractivity contribution in [3.8, 4) is 0 Å². The zero-order valence-electron chi connectivity index (χ0n) is 9.17. The minimum atomic E-state index is -1.08. The number of aryl methyl sites for hydroxylation is 1. The first-order valence-electron chi connectivity index (χ1n) is 5.00. The number of furan rings is 1. The number of carboxylic acids is 1. The highest BCUT2D eigenvalue weighted by Gasteiger charge is 2.08. The lowest BCUT2D eigenvalue weighted by atomic mass is 10.4. The molecule has 6 nitrogen and oxygen atoms in total. The molecule has 2 N–H and O–H groups in total. The number of nitrogens with zero attached hydrogens (tertiary/aromatic N) is 2. The third-order valence-corrected chi connectivity index (χ3v) is 2.09. The van der Waals surface area contributed by atoms with Crippen LogP contribution in [0.2, 0.25) is 0 Å². The summed E-state index contributed by atoms with van der Waals surface area (Å²) in [4.78, 5) is 18.8. The zero-order chi connectivity index (χ0) is 12.3. The van der Waals surface area contributed by atoms with Crippen LogP contribution in [0.1, 0.15) is 22.0 Å². The van der Waals surface area contributed by atoms with E-state index in [1.807, 2.05) is 6.92 Å². The lowest BCUT2D eigenvalue weighted by Crippen LogP contribution is -2.03. The summed E-state index contributed by atoms with van der Waals surface area (Å²) < 4.78 is 5.08. The largest absolute Gasteiger partial charge is 0.475 e. The number of aromatic nitrogens is 2. The molecular weight excluding hydrogens is 222 g/mol. The van der Waals surface area contributed by atoms with Crippen molar-refractivity contribution in [3.63, 3.8) is 0 Å². The average Bonchev–Trinajstić information content (AvgIpc) is 2.75. The Morgan fingerprint density at radius 2 is 2.29 bits per heavy atom. The zero-order valence-corrected chi connectivity index (χ0v) is 9.17. The van der Waals surface area contributed by atoms with Gasteiger partial charge in [0.25, 0.3) is 0 Å². The van der Waals surface area contributed by atoms with E-state index in [4.69, 9.17) is 9.52 Å². The van der Waals surface area contributed by atoms with E-state index >= 15 is 0 Å². The highest BCUT2D eigenvalue weighted by Crippen LogP contribution is 2.09. The number of carbonyl (C=O) groups is 1. The van der Waals surface area contributed by atoms with E-state index in [-0.39, 0.29) is 5.76 Å². The Hall–Kier alpha value is -2.37. The quantitative estimate of drug-likeness (QED) is 0.835. The fourth-order valence-electron chi connectivity index (χ4n) is 1.29. The molecule has 88 valence electrons. The van der Waals surface area contributed by atoms with Crippen molar-refractivity contribution in [1.29, 1.82) is 0 Å². The molecule has 0 spiro atoms. The lowest BCUT2D eigenvalue weighted by Gasteiger charge is -2.02. The highest BCUT2D eigenvalue weighted by molar-refractivity contribution is 5.84. The molecule has 0 amide bonds. The molecule has 2 heterocycles. The average molecular weight is 233 g/mol. The van der Waals surface area contributed by atoms with Gasteiger partial charge in [0.1, 0.15) is 5.76 Å². The van der Waals surface area contributed by atoms with Crippen LogP contribution in [0.5, 0.6) is 0 Å². The first-order valence-corrected chi connectivity index (χ1v) is 5.00. The Morgan fingerprint density at radius 3 is 2.94 bits per heavy atom. The van der Waals surface area contributed by atoms with Gasteiger partial charge in [0.15, 0.2) is 0 Å². The van der Waals surface area contributed by atoms with Crippen LogP contribution in [0.4, 0.5) is 5.95 Å². The summed E-state index contributed by atoms with van der Waals surface area (Å²) in [7, 11) is 0. The van der Waals surface area contributed by atoms with Gasteiger partial charge in [-0.2, -0.15) is 0 Å². The van der Waals surface area contributed by atoms with Crippen LogP contribution in [0.15, 0.2) is 28.8 Å². The predicted octanol–water partition coefficient (Wildman–Crippen LogP) is 1.69. The smallest absolute Gasteiger partial charge is 0.371 e. The van der Waals surface area contributed by atoms with E-state index in [0.717, 1.165) is 5.69 Å². The van der Waals surface area contributed by atoms with E-state index in [1.54, 1.807) is 18.3 Å². The minimum Gasteiger partial charge on any atom is -0.475 e. The molecule has 2 aromatic rings. The fourth-order valence-corrected chi connectivity index (χ4v) is 1.29.